The molecule has 9 nitrogen and oxygen atoms in total. The highest BCUT2D eigenvalue weighted by atomic mass is 16.8. The van der Waals surface area contributed by atoms with E-state index in [1.54, 1.807) is 29.3 Å². The highest BCUT2D eigenvalue weighted by molar-refractivity contribution is 5.91. The standard InChI is InChI=1S/C29H37N3O6/c1-5-6-17-23(25(33)26-32(38-26)20(2)21-13-9-7-10-14-21)30-27(34)37-24-18-31(19-29(24,3)4)28(35)36-22-15-11-8-12-16-22/h7-16,20,23-24,26H,5-6,17-19H2,1-4H3,(H,30,34)/t20-,23?,24?,26?,32?/m1/s1. The highest BCUT2D eigenvalue weighted by Gasteiger charge is 2.49. The monoisotopic (exact) mass is 523 g/mol. The molecule has 2 aliphatic rings. The smallest absolute Gasteiger partial charge is 0.415 e. The Bertz CT molecular complexity index is 1110. The van der Waals surface area contributed by atoms with Crippen LogP contribution in [0.15, 0.2) is 60.7 Å². The lowest BCUT2D eigenvalue weighted by Gasteiger charge is -2.26. The Morgan fingerprint density at radius 3 is 2.39 bits per heavy atom. The second kappa shape index (κ2) is 12.0. The molecule has 204 valence electrons. The average molecular weight is 524 g/mol. The number of benzene rings is 2. The third-order valence-electron chi connectivity index (χ3n) is 7.11. The summed E-state index contributed by atoms with van der Waals surface area (Å²) in [6.45, 7) is 8.44. The summed E-state index contributed by atoms with van der Waals surface area (Å²) in [6.07, 6.45) is -0.306. The number of hydrogen-bond donors (Lipinski definition) is 1. The fourth-order valence-corrected chi connectivity index (χ4v) is 4.71. The molecule has 5 atom stereocenters. The van der Waals surface area contributed by atoms with Crippen LogP contribution in [0.4, 0.5) is 9.59 Å². The van der Waals surface area contributed by atoms with Gasteiger partial charge in [-0.15, -0.1) is 5.06 Å². The molecule has 2 heterocycles. The number of rotatable bonds is 10. The zero-order chi connectivity index (χ0) is 27.3. The Balaban J connectivity index is 1.33. The predicted octanol–water partition coefficient (Wildman–Crippen LogP) is 5.08. The van der Waals surface area contributed by atoms with Crippen LogP contribution >= 0.6 is 0 Å². The van der Waals surface area contributed by atoms with Gasteiger partial charge in [0.15, 0.2) is 0 Å². The van der Waals surface area contributed by atoms with E-state index in [-0.39, 0.29) is 18.4 Å². The summed E-state index contributed by atoms with van der Waals surface area (Å²) >= 11 is 0. The molecule has 2 amide bonds. The number of amides is 2. The number of likely N-dealkylation sites (tertiary alicyclic amines) is 1. The summed E-state index contributed by atoms with van der Waals surface area (Å²) in [5.41, 5.74) is 0.552. The van der Waals surface area contributed by atoms with Gasteiger partial charge in [-0.05, 0) is 31.0 Å². The maximum absolute atomic E-state index is 13.3. The molecular formula is C29H37N3O6. The largest absolute Gasteiger partial charge is 0.444 e. The van der Waals surface area contributed by atoms with E-state index in [9.17, 15) is 14.4 Å². The predicted molar refractivity (Wildman–Crippen MR) is 141 cm³/mol. The van der Waals surface area contributed by atoms with Gasteiger partial charge in [0.05, 0.1) is 18.6 Å². The van der Waals surface area contributed by atoms with Gasteiger partial charge >= 0.3 is 12.2 Å². The van der Waals surface area contributed by atoms with Gasteiger partial charge in [-0.1, -0.05) is 82.1 Å². The molecule has 9 heteroatoms. The Morgan fingerprint density at radius 1 is 1.08 bits per heavy atom. The molecule has 2 aromatic carbocycles. The number of hydroxylamine groups is 2. The van der Waals surface area contributed by atoms with E-state index >= 15 is 0 Å². The third-order valence-corrected chi connectivity index (χ3v) is 7.11. The molecule has 4 unspecified atom stereocenters. The van der Waals surface area contributed by atoms with Gasteiger partial charge in [0.1, 0.15) is 11.9 Å². The van der Waals surface area contributed by atoms with Crippen LogP contribution in [0, 0.1) is 5.41 Å². The number of ether oxygens (including phenoxy) is 2. The van der Waals surface area contributed by atoms with Crippen LogP contribution in [-0.4, -0.2) is 59.4 Å². The summed E-state index contributed by atoms with van der Waals surface area (Å²) in [4.78, 5) is 46.0. The summed E-state index contributed by atoms with van der Waals surface area (Å²) in [5, 5.41) is 4.42. The first-order valence-corrected chi connectivity index (χ1v) is 13.2. The molecule has 2 aromatic rings. The van der Waals surface area contributed by atoms with E-state index in [2.05, 4.69) is 5.32 Å². The first kappa shape index (κ1) is 27.6. The van der Waals surface area contributed by atoms with E-state index in [0.29, 0.717) is 18.7 Å². The quantitative estimate of drug-likeness (QED) is 0.433. The number of ketones is 1. The van der Waals surface area contributed by atoms with Gasteiger partial charge in [-0.25, -0.2) is 9.59 Å². The molecule has 0 bridgehead atoms. The summed E-state index contributed by atoms with van der Waals surface area (Å²) in [5.74, 6) is 0.254. The molecule has 0 saturated carbocycles. The maximum Gasteiger partial charge on any atom is 0.415 e. The fourth-order valence-electron chi connectivity index (χ4n) is 4.71. The van der Waals surface area contributed by atoms with Gasteiger partial charge in [0.25, 0.3) is 0 Å². The van der Waals surface area contributed by atoms with Crippen LogP contribution in [0.25, 0.3) is 0 Å². The molecule has 2 saturated heterocycles. The second-order valence-electron chi connectivity index (χ2n) is 10.6. The zero-order valence-corrected chi connectivity index (χ0v) is 22.5. The normalized spacial score (nSPS) is 23.3. The molecule has 2 fully saturated rings. The lowest BCUT2D eigenvalue weighted by Crippen LogP contribution is -2.46. The molecule has 0 aliphatic carbocycles. The number of unbranched alkanes of at least 4 members (excludes halogenated alkanes) is 1. The van der Waals surface area contributed by atoms with Gasteiger partial charge in [-0.3, -0.25) is 9.63 Å². The van der Waals surface area contributed by atoms with Gasteiger partial charge < -0.3 is 19.7 Å². The lowest BCUT2D eigenvalue weighted by molar-refractivity contribution is -0.122. The molecular weight excluding hydrogens is 486 g/mol. The van der Waals surface area contributed by atoms with Crippen LogP contribution in [0.1, 0.15) is 58.6 Å². The number of alkyl carbamates (subject to hydrolysis) is 1. The number of nitrogens with zero attached hydrogens (tertiary/aromatic N) is 2. The number of hydrogen-bond acceptors (Lipinski definition) is 7. The van der Waals surface area contributed by atoms with Crippen molar-refractivity contribution in [2.45, 2.75) is 71.4 Å². The van der Waals surface area contributed by atoms with Crippen molar-refractivity contribution < 1.29 is 28.7 Å². The number of carbonyl (C=O) groups is 3. The van der Waals surface area contributed by atoms with E-state index in [1.165, 1.54) is 4.90 Å². The molecule has 0 radical (unpaired) electrons. The minimum Gasteiger partial charge on any atom is -0.444 e. The number of carbonyl (C=O) groups excluding carboxylic acids is 3. The van der Waals surface area contributed by atoms with Crippen molar-refractivity contribution in [1.82, 2.24) is 15.3 Å². The topological polar surface area (TPSA) is 100 Å². The van der Waals surface area contributed by atoms with E-state index < -0.39 is 36.0 Å². The zero-order valence-electron chi connectivity index (χ0n) is 22.5. The lowest BCUT2D eigenvalue weighted by atomic mass is 9.90. The number of para-hydroxylation sites is 1. The summed E-state index contributed by atoms with van der Waals surface area (Å²) in [6, 6.07) is 17.8. The summed E-state index contributed by atoms with van der Waals surface area (Å²) in [7, 11) is 0. The SMILES string of the molecule is CCCCC(NC(=O)OC1CN(C(=O)Oc2ccccc2)CC1(C)C)C(=O)C1ON1[C@H](C)c1ccccc1. The highest BCUT2D eigenvalue weighted by Crippen LogP contribution is 2.35. The van der Waals surface area contributed by atoms with E-state index in [0.717, 1.165) is 18.4 Å². The van der Waals surface area contributed by atoms with Crippen LogP contribution in [-0.2, 0) is 14.4 Å². The first-order chi connectivity index (χ1) is 18.2. The molecule has 4 rings (SSSR count). The van der Waals surface area contributed by atoms with Crippen LogP contribution in [0.5, 0.6) is 5.75 Å². The Morgan fingerprint density at radius 2 is 1.74 bits per heavy atom. The minimum atomic E-state index is -0.732. The minimum absolute atomic E-state index is 0.0927. The van der Waals surface area contributed by atoms with Crippen molar-refractivity contribution in [3.8, 4) is 5.75 Å². The second-order valence-corrected chi connectivity index (χ2v) is 10.6. The van der Waals surface area contributed by atoms with Crippen molar-refractivity contribution in [3.63, 3.8) is 0 Å². The van der Waals surface area contributed by atoms with E-state index in [1.807, 2.05) is 64.1 Å². The molecule has 1 N–H and O–H groups in total. The summed E-state index contributed by atoms with van der Waals surface area (Å²) < 4.78 is 11.2. The van der Waals surface area contributed by atoms with Gasteiger partial charge in [0.2, 0.25) is 12.0 Å². The van der Waals surface area contributed by atoms with Crippen LogP contribution < -0.4 is 10.1 Å². The Kier molecular flexibility index (Phi) is 8.69. The fraction of sp³-hybridized carbons (Fsp3) is 0.483. The van der Waals surface area contributed by atoms with E-state index in [4.69, 9.17) is 14.3 Å². The van der Waals surface area contributed by atoms with Crippen molar-refractivity contribution in [1.29, 1.82) is 0 Å². The number of nitrogens with one attached hydrogen (secondary N) is 1. The van der Waals surface area contributed by atoms with Crippen molar-refractivity contribution in [2.75, 3.05) is 13.1 Å². The van der Waals surface area contributed by atoms with Crippen LogP contribution in [0.2, 0.25) is 0 Å². The van der Waals surface area contributed by atoms with Crippen molar-refractivity contribution in [2.24, 2.45) is 5.41 Å². The van der Waals surface area contributed by atoms with Gasteiger partial charge in [-0.2, -0.15) is 0 Å². The molecule has 0 spiro atoms. The Hall–Kier alpha value is -3.43. The van der Waals surface area contributed by atoms with Crippen molar-refractivity contribution in [3.05, 3.63) is 66.2 Å². The molecule has 38 heavy (non-hydrogen) atoms. The Labute approximate surface area is 224 Å². The molecule has 0 aromatic heterocycles. The van der Waals surface area contributed by atoms with Crippen LogP contribution in [0.3, 0.4) is 0 Å². The molecule has 2 aliphatic heterocycles. The third kappa shape index (κ3) is 6.71. The average Bonchev–Trinajstić information content (AvgIpc) is 3.65. The van der Waals surface area contributed by atoms with Gasteiger partial charge in [0, 0.05) is 12.0 Å². The number of Topliss-reactive ketones (excluding diaryl/α,β-unsaturated/α-hetero) is 1. The first-order valence-electron chi connectivity index (χ1n) is 13.2. The maximum atomic E-state index is 13.3. The van der Waals surface area contributed by atoms with Crippen molar-refractivity contribution >= 4 is 18.0 Å².